The first-order chi connectivity index (χ1) is 4.70. The molecule has 0 atom stereocenters. The number of nitrogens with one attached hydrogen (secondary N) is 1. The summed E-state index contributed by atoms with van der Waals surface area (Å²) in [6.07, 6.45) is 0. The quantitative estimate of drug-likeness (QED) is 0.442. The summed E-state index contributed by atoms with van der Waals surface area (Å²) in [7, 11) is -0.162. The summed E-state index contributed by atoms with van der Waals surface area (Å²) in [5.41, 5.74) is 0. The summed E-state index contributed by atoms with van der Waals surface area (Å²) in [4.78, 5) is 2.36. The molecule has 1 fully saturated rings. The van der Waals surface area contributed by atoms with Gasteiger partial charge in [0.05, 0.1) is 0 Å². The number of hydrogen-bond acceptors (Lipinski definition) is 3. The third-order valence-corrected chi connectivity index (χ3v) is 2.11. The average molecular weight is 162 g/mol. The molecule has 1 rings (SSSR count). The van der Waals surface area contributed by atoms with E-state index in [1.807, 2.05) is 11.9 Å². The van der Waals surface area contributed by atoms with Crippen LogP contribution < -0.4 is 5.32 Å². The lowest BCUT2D eigenvalue weighted by Crippen LogP contribution is -2.46. The monoisotopic (exact) mass is 162 g/mol. The molecule has 1 N–H and O–H groups in total. The Hall–Kier alpha value is -0.390. The van der Waals surface area contributed by atoms with E-state index >= 15 is 0 Å². The Morgan fingerprint density at radius 2 is 2.30 bits per heavy atom. The lowest BCUT2D eigenvalue weighted by atomic mass is 10.4. The maximum Gasteiger partial charge on any atom is 0.229 e. The van der Waals surface area contributed by atoms with Gasteiger partial charge in [0.1, 0.15) is 4.99 Å². The number of piperazine rings is 1. The van der Waals surface area contributed by atoms with Crippen molar-refractivity contribution in [2.24, 2.45) is 0 Å². The molecule has 0 radical (unpaired) electrons. The standard InChI is InChI=1S/C5H10N2O2S/c1-7-3-2-6-5(4-7)10(8)9/h6H,2-4H2,1H3. The topological polar surface area (TPSA) is 49.4 Å². The van der Waals surface area contributed by atoms with Crippen LogP contribution in [0.5, 0.6) is 0 Å². The Labute approximate surface area is 61.4 Å². The Morgan fingerprint density at radius 3 is 2.70 bits per heavy atom. The van der Waals surface area contributed by atoms with Gasteiger partial charge in [0, 0.05) is 19.6 Å². The van der Waals surface area contributed by atoms with Crippen molar-refractivity contribution in [1.82, 2.24) is 10.2 Å². The Balaban J connectivity index is 2.74. The van der Waals surface area contributed by atoms with Gasteiger partial charge in [0.15, 0.2) is 0 Å². The van der Waals surface area contributed by atoms with Gasteiger partial charge in [-0.2, -0.15) is 8.42 Å². The first-order valence-electron chi connectivity index (χ1n) is 3.07. The van der Waals surface area contributed by atoms with E-state index in [-0.39, 0.29) is 0 Å². The molecule has 10 heavy (non-hydrogen) atoms. The average Bonchev–Trinajstić information content (AvgIpc) is 1.88. The lowest BCUT2D eigenvalue weighted by Gasteiger charge is -2.22. The largest absolute Gasteiger partial charge is 0.299 e. The van der Waals surface area contributed by atoms with Crippen LogP contribution in [0.1, 0.15) is 0 Å². The van der Waals surface area contributed by atoms with Gasteiger partial charge in [0.25, 0.3) is 0 Å². The number of hydrogen-bond donors (Lipinski definition) is 1. The van der Waals surface area contributed by atoms with Crippen LogP contribution in [-0.2, 0) is 10.3 Å². The molecule has 0 aliphatic carbocycles. The molecule has 1 aliphatic rings. The Kier molecular flexibility index (Phi) is 2.42. The molecule has 1 heterocycles. The molecule has 0 bridgehead atoms. The summed E-state index contributed by atoms with van der Waals surface area (Å²) in [5.74, 6) is 0. The second-order valence-electron chi connectivity index (χ2n) is 2.32. The molecule has 0 aromatic carbocycles. The third-order valence-electron chi connectivity index (χ3n) is 1.43. The minimum Gasteiger partial charge on any atom is -0.299 e. The van der Waals surface area contributed by atoms with Crippen LogP contribution in [0, 0.1) is 0 Å². The van der Waals surface area contributed by atoms with Crippen LogP contribution >= 0.6 is 0 Å². The molecule has 0 amide bonds. The van der Waals surface area contributed by atoms with Gasteiger partial charge in [-0.3, -0.25) is 10.2 Å². The van der Waals surface area contributed by atoms with E-state index in [0.717, 1.165) is 13.1 Å². The van der Waals surface area contributed by atoms with Gasteiger partial charge in [0.2, 0.25) is 10.3 Å². The van der Waals surface area contributed by atoms with Crippen LogP contribution in [-0.4, -0.2) is 45.0 Å². The van der Waals surface area contributed by atoms with Crippen LogP contribution in [0.15, 0.2) is 0 Å². The second-order valence-corrected chi connectivity index (χ2v) is 3.28. The second kappa shape index (κ2) is 3.14. The minimum absolute atomic E-state index is 0.397. The molecule has 0 saturated carbocycles. The van der Waals surface area contributed by atoms with E-state index in [4.69, 9.17) is 0 Å². The van der Waals surface area contributed by atoms with E-state index in [1.165, 1.54) is 0 Å². The van der Waals surface area contributed by atoms with Gasteiger partial charge >= 0.3 is 0 Å². The molecule has 1 aliphatic heterocycles. The molecule has 58 valence electrons. The fourth-order valence-electron chi connectivity index (χ4n) is 0.878. The SMILES string of the molecule is CN1CCNC(=S(=O)=O)C1. The van der Waals surface area contributed by atoms with Crippen LogP contribution in [0.25, 0.3) is 0 Å². The van der Waals surface area contributed by atoms with Crippen molar-refractivity contribution in [3.05, 3.63) is 0 Å². The van der Waals surface area contributed by atoms with E-state index in [1.54, 1.807) is 0 Å². The molecule has 4 nitrogen and oxygen atoms in total. The fraction of sp³-hybridized carbons (Fsp3) is 0.800. The zero-order chi connectivity index (χ0) is 7.56. The summed E-state index contributed by atoms with van der Waals surface area (Å²) >= 11 is 0. The highest BCUT2D eigenvalue weighted by molar-refractivity contribution is 7.72. The van der Waals surface area contributed by atoms with Crippen molar-refractivity contribution in [3.8, 4) is 0 Å². The summed E-state index contributed by atoms with van der Waals surface area (Å²) < 4.78 is 20.7. The summed E-state index contributed by atoms with van der Waals surface area (Å²) in [6, 6.07) is 0. The van der Waals surface area contributed by atoms with E-state index < -0.39 is 10.3 Å². The fourth-order valence-corrected chi connectivity index (χ4v) is 1.42. The first-order valence-corrected chi connectivity index (χ1v) is 4.15. The lowest BCUT2D eigenvalue weighted by molar-refractivity contribution is 0.362. The molecule has 0 spiro atoms. The van der Waals surface area contributed by atoms with Crippen LogP contribution in [0.4, 0.5) is 0 Å². The van der Waals surface area contributed by atoms with E-state index in [9.17, 15) is 8.42 Å². The smallest absolute Gasteiger partial charge is 0.229 e. The molecule has 1 saturated heterocycles. The van der Waals surface area contributed by atoms with Crippen molar-refractivity contribution < 1.29 is 8.42 Å². The van der Waals surface area contributed by atoms with Gasteiger partial charge in [-0.05, 0) is 7.05 Å². The van der Waals surface area contributed by atoms with Crippen molar-refractivity contribution in [3.63, 3.8) is 0 Å². The summed E-state index contributed by atoms with van der Waals surface area (Å²) in [6.45, 7) is 2.14. The highest BCUT2D eigenvalue weighted by Crippen LogP contribution is 1.87. The van der Waals surface area contributed by atoms with Gasteiger partial charge in [-0.15, -0.1) is 0 Å². The Morgan fingerprint density at radius 1 is 1.60 bits per heavy atom. The van der Waals surface area contributed by atoms with Crippen molar-refractivity contribution in [1.29, 1.82) is 0 Å². The highest BCUT2D eigenvalue weighted by Gasteiger charge is 2.10. The molecule has 0 aromatic heterocycles. The number of rotatable bonds is 0. The molecule has 5 heteroatoms. The van der Waals surface area contributed by atoms with Crippen LogP contribution in [0.2, 0.25) is 0 Å². The maximum absolute atomic E-state index is 10.4. The zero-order valence-corrected chi connectivity index (χ0v) is 6.61. The normalized spacial score (nSPS) is 21.1. The minimum atomic E-state index is -2.06. The number of nitrogens with zero attached hydrogens (tertiary/aromatic N) is 1. The van der Waals surface area contributed by atoms with E-state index in [2.05, 4.69) is 5.32 Å². The Bertz CT molecular complexity index is 236. The highest BCUT2D eigenvalue weighted by atomic mass is 32.2. The third kappa shape index (κ3) is 1.80. The molecular weight excluding hydrogens is 152 g/mol. The van der Waals surface area contributed by atoms with Gasteiger partial charge in [-0.1, -0.05) is 0 Å². The first kappa shape index (κ1) is 7.71. The van der Waals surface area contributed by atoms with Crippen molar-refractivity contribution in [2.45, 2.75) is 0 Å². The predicted molar refractivity (Wildman–Crippen MR) is 39.4 cm³/mol. The van der Waals surface area contributed by atoms with Gasteiger partial charge in [-0.25, -0.2) is 0 Å². The maximum atomic E-state index is 10.4. The van der Waals surface area contributed by atoms with E-state index in [0.29, 0.717) is 11.5 Å². The van der Waals surface area contributed by atoms with Crippen molar-refractivity contribution >= 4 is 15.3 Å². The summed E-state index contributed by atoms with van der Waals surface area (Å²) in [5, 5.41) is 2.81. The van der Waals surface area contributed by atoms with Crippen molar-refractivity contribution in [2.75, 3.05) is 26.7 Å². The molecule has 0 unspecified atom stereocenters. The number of likely N-dealkylation sites (N-methyl/N-ethyl adjacent to an activating group) is 1. The predicted octanol–water partition coefficient (Wildman–Crippen LogP) is -1.47. The van der Waals surface area contributed by atoms with Crippen LogP contribution in [0.3, 0.4) is 0 Å². The molecular formula is C5H10N2O2S. The zero-order valence-electron chi connectivity index (χ0n) is 5.79. The molecule has 0 aromatic rings. The van der Waals surface area contributed by atoms with Gasteiger partial charge < -0.3 is 0 Å².